The van der Waals surface area contributed by atoms with Crippen LogP contribution in [0, 0.1) is 5.41 Å². The minimum Gasteiger partial charge on any atom is -0.450 e. The molecule has 0 bridgehead atoms. The second-order valence-electron chi connectivity index (χ2n) is 10.5. The van der Waals surface area contributed by atoms with Crippen molar-refractivity contribution in [3.63, 3.8) is 0 Å². The Morgan fingerprint density at radius 1 is 0.919 bits per heavy atom. The first-order valence-corrected chi connectivity index (χ1v) is 13.8. The van der Waals surface area contributed by atoms with Crippen molar-refractivity contribution in [3.05, 3.63) is 41.1 Å². The van der Waals surface area contributed by atoms with E-state index in [9.17, 15) is 4.79 Å². The van der Waals surface area contributed by atoms with Gasteiger partial charge < -0.3 is 29.2 Å². The SMILES string of the molecule is CCOC(=O)N1CCN(c2ccc3c(c2)CN(C2=NC(=N)CCCC(N4CCN(C)CC4)=C2)CC3)CC1. The van der Waals surface area contributed by atoms with Crippen LogP contribution in [0.5, 0.6) is 0 Å². The molecule has 1 aromatic rings. The molecule has 4 aliphatic rings. The monoisotopic (exact) mass is 507 g/mol. The van der Waals surface area contributed by atoms with Gasteiger partial charge >= 0.3 is 6.09 Å². The van der Waals surface area contributed by atoms with Crippen molar-refractivity contribution in [2.24, 2.45) is 4.99 Å². The standard InChI is InChI=1S/C28H41N7O2/c1-3-37-28(36)34-17-15-33(16-18-34)25-8-7-22-9-10-35(21-23(22)19-25)27-20-24(5-4-6-26(29)30-27)32-13-11-31(2)12-14-32/h7-8,19-20,29H,3-6,9-18,21H2,1-2H3. The fourth-order valence-electron chi connectivity index (χ4n) is 5.69. The summed E-state index contributed by atoms with van der Waals surface area (Å²) in [6.45, 7) is 11.3. The summed E-state index contributed by atoms with van der Waals surface area (Å²) >= 11 is 0. The van der Waals surface area contributed by atoms with Crippen LogP contribution in [0.2, 0.25) is 0 Å². The second-order valence-corrected chi connectivity index (χ2v) is 10.5. The van der Waals surface area contributed by atoms with Gasteiger partial charge in [0.05, 0.1) is 6.61 Å². The molecule has 4 heterocycles. The van der Waals surface area contributed by atoms with Gasteiger partial charge in [-0.15, -0.1) is 0 Å². The highest BCUT2D eigenvalue weighted by Gasteiger charge is 2.25. The minimum absolute atomic E-state index is 0.210. The van der Waals surface area contributed by atoms with E-state index in [0.29, 0.717) is 25.5 Å². The second kappa shape index (κ2) is 11.5. The lowest BCUT2D eigenvalue weighted by Crippen LogP contribution is -2.49. The summed E-state index contributed by atoms with van der Waals surface area (Å²) in [5, 5.41) is 8.39. The van der Waals surface area contributed by atoms with Gasteiger partial charge in [-0.05, 0) is 62.6 Å². The van der Waals surface area contributed by atoms with E-state index in [2.05, 4.69) is 50.9 Å². The Bertz CT molecular complexity index is 1050. The van der Waals surface area contributed by atoms with E-state index >= 15 is 0 Å². The number of benzene rings is 1. The first-order chi connectivity index (χ1) is 18.0. The van der Waals surface area contributed by atoms with Crippen molar-refractivity contribution < 1.29 is 9.53 Å². The van der Waals surface area contributed by atoms with Crippen molar-refractivity contribution in [1.29, 1.82) is 5.41 Å². The molecule has 0 radical (unpaired) electrons. The van der Waals surface area contributed by atoms with Gasteiger partial charge in [0.2, 0.25) is 0 Å². The van der Waals surface area contributed by atoms with E-state index in [1.54, 1.807) is 4.90 Å². The number of hydrogen-bond acceptors (Lipinski definition) is 7. The molecule has 0 aliphatic carbocycles. The van der Waals surface area contributed by atoms with Crippen LogP contribution in [0.1, 0.15) is 37.3 Å². The van der Waals surface area contributed by atoms with Crippen LogP contribution in [0.4, 0.5) is 10.5 Å². The third-order valence-electron chi connectivity index (χ3n) is 8.00. The number of nitrogens with one attached hydrogen (secondary N) is 1. The maximum Gasteiger partial charge on any atom is 0.409 e. The molecular formula is C28H41N7O2. The molecule has 9 heteroatoms. The predicted molar refractivity (Wildman–Crippen MR) is 148 cm³/mol. The highest BCUT2D eigenvalue weighted by atomic mass is 16.6. The minimum atomic E-state index is -0.210. The molecule has 2 saturated heterocycles. The van der Waals surface area contributed by atoms with E-state index in [-0.39, 0.29) is 6.09 Å². The van der Waals surface area contributed by atoms with Gasteiger partial charge in [0.15, 0.2) is 0 Å². The normalized spacial score (nSPS) is 21.6. The van der Waals surface area contributed by atoms with Crippen LogP contribution in [-0.4, -0.2) is 110 Å². The third-order valence-corrected chi connectivity index (χ3v) is 8.00. The zero-order chi connectivity index (χ0) is 25.8. The first kappa shape index (κ1) is 25.6. The molecule has 9 nitrogen and oxygen atoms in total. The molecule has 2 fully saturated rings. The fraction of sp³-hybridized carbons (Fsp3) is 0.607. The number of likely N-dealkylation sites (N-methyl/N-ethyl adjacent to an activating group) is 1. The number of amidine groups is 2. The van der Waals surface area contributed by atoms with Crippen molar-refractivity contribution in [2.45, 2.75) is 39.2 Å². The number of carbonyl (C=O) groups excluding carboxylic acids is 1. The molecule has 37 heavy (non-hydrogen) atoms. The lowest BCUT2D eigenvalue weighted by molar-refractivity contribution is 0.105. The van der Waals surface area contributed by atoms with Crippen LogP contribution in [-0.2, 0) is 17.7 Å². The number of amides is 1. The number of hydrogen-bond donors (Lipinski definition) is 1. The Labute approximate surface area is 220 Å². The number of fused-ring (bicyclic) bond motifs is 1. The molecule has 1 amide bonds. The maximum atomic E-state index is 12.1. The summed E-state index contributed by atoms with van der Waals surface area (Å²) < 4.78 is 5.17. The molecule has 0 atom stereocenters. The van der Waals surface area contributed by atoms with Gasteiger partial charge in [-0.3, -0.25) is 5.41 Å². The van der Waals surface area contributed by atoms with Gasteiger partial charge in [-0.25, -0.2) is 9.79 Å². The summed E-state index contributed by atoms with van der Waals surface area (Å²) in [5.41, 5.74) is 5.32. The zero-order valence-electron chi connectivity index (χ0n) is 22.4. The lowest BCUT2D eigenvalue weighted by Gasteiger charge is -2.38. The van der Waals surface area contributed by atoms with Crippen molar-refractivity contribution in [3.8, 4) is 0 Å². The van der Waals surface area contributed by atoms with E-state index < -0.39 is 0 Å². The highest BCUT2D eigenvalue weighted by Crippen LogP contribution is 2.27. The predicted octanol–water partition coefficient (Wildman–Crippen LogP) is 3.01. The molecule has 200 valence electrons. The smallest absolute Gasteiger partial charge is 0.409 e. The molecule has 0 aromatic heterocycles. The first-order valence-electron chi connectivity index (χ1n) is 13.8. The third kappa shape index (κ3) is 6.09. The number of anilines is 1. The molecule has 1 N–H and O–H groups in total. The average Bonchev–Trinajstić information content (AvgIpc) is 2.91. The molecule has 5 rings (SSSR count). The Balaban J connectivity index is 1.30. The number of rotatable bonds is 3. The summed E-state index contributed by atoms with van der Waals surface area (Å²) in [6, 6.07) is 6.82. The van der Waals surface area contributed by atoms with E-state index in [0.717, 1.165) is 83.9 Å². The quantitative estimate of drug-likeness (QED) is 0.678. The number of allylic oxidation sites excluding steroid dienone is 1. The molecule has 4 aliphatic heterocycles. The van der Waals surface area contributed by atoms with Gasteiger partial charge in [-0.2, -0.15) is 0 Å². The number of ether oxygens (including phenoxy) is 1. The Kier molecular flexibility index (Phi) is 7.98. The molecule has 0 spiro atoms. The lowest BCUT2D eigenvalue weighted by atomic mass is 9.98. The Morgan fingerprint density at radius 2 is 1.68 bits per heavy atom. The molecular weight excluding hydrogens is 466 g/mol. The summed E-state index contributed by atoms with van der Waals surface area (Å²) in [5.74, 6) is 1.43. The Morgan fingerprint density at radius 3 is 2.43 bits per heavy atom. The number of nitrogens with zero attached hydrogens (tertiary/aromatic N) is 6. The van der Waals surface area contributed by atoms with E-state index in [1.807, 2.05) is 6.92 Å². The summed E-state index contributed by atoms with van der Waals surface area (Å²) in [7, 11) is 2.19. The van der Waals surface area contributed by atoms with Crippen molar-refractivity contribution in [1.82, 2.24) is 19.6 Å². The highest BCUT2D eigenvalue weighted by molar-refractivity contribution is 6.02. The van der Waals surface area contributed by atoms with Gasteiger partial charge in [-0.1, -0.05) is 6.07 Å². The van der Waals surface area contributed by atoms with Crippen LogP contribution >= 0.6 is 0 Å². The number of aliphatic imine (C=N–C) groups is 1. The zero-order valence-corrected chi connectivity index (χ0v) is 22.4. The van der Waals surface area contributed by atoms with Gasteiger partial charge in [0.1, 0.15) is 11.7 Å². The van der Waals surface area contributed by atoms with Crippen LogP contribution in [0.15, 0.2) is 35.0 Å². The average molecular weight is 508 g/mol. The largest absolute Gasteiger partial charge is 0.450 e. The molecule has 0 saturated carbocycles. The Hall–Kier alpha value is -3.07. The van der Waals surface area contributed by atoms with Crippen LogP contribution < -0.4 is 4.90 Å². The van der Waals surface area contributed by atoms with Gasteiger partial charge in [0, 0.05) is 83.3 Å². The molecule has 0 unspecified atom stereocenters. The molecule has 1 aromatic carbocycles. The van der Waals surface area contributed by atoms with Gasteiger partial charge in [0.25, 0.3) is 0 Å². The number of carbonyl (C=O) groups is 1. The van der Waals surface area contributed by atoms with E-state index in [4.69, 9.17) is 15.1 Å². The summed E-state index contributed by atoms with van der Waals surface area (Å²) in [6.07, 6.45) is 5.78. The maximum absolute atomic E-state index is 12.1. The summed E-state index contributed by atoms with van der Waals surface area (Å²) in [4.78, 5) is 28.3. The topological polar surface area (TPSA) is 78.7 Å². The fourth-order valence-corrected chi connectivity index (χ4v) is 5.69. The van der Waals surface area contributed by atoms with Crippen LogP contribution in [0.25, 0.3) is 0 Å². The van der Waals surface area contributed by atoms with Crippen molar-refractivity contribution in [2.75, 3.05) is 77.5 Å². The van der Waals surface area contributed by atoms with Crippen molar-refractivity contribution >= 4 is 23.5 Å². The number of piperazine rings is 2. The van der Waals surface area contributed by atoms with Crippen LogP contribution in [0.3, 0.4) is 0 Å². The van der Waals surface area contributed by atoms with E-state index in [1.165, 1.54) is 22.5 Å².